The second-order valence-corrected chi connectivity index (χ2v) is 4.15. The smallest absolute Gasteiger partial charge is 0.216 e. The molecule has 18 heavy (non-hydrogen) atoms. The molecular formula is C13H16N2O3. The molecule has 2 unspecified atom stereocenters. The highest BCUT2D eigenvalue weighted by molar-refractivity contribution is 5.72. The van der Waals surface area contributed by atoms with E-state index in [1.54, 1.807) is 18.2 Å². The number of hydrogen-bond acceptors (Lipinski definition) is 4. The topological polar surface area (TPSA) is 93.3 Å². The van der Waals surface area contributed by atoms with E-state index in [-0.39, 0.29) is 12.5 Å². The summed E-state index contributed by atoms with van der Waals surface area (Å²) in [7, 11) is 0. The van der Waals surface area contributed by atoms with Crippen molar-refractivity contribution in [1.82, 2.24) is 5.32 Å². The molecule has 0 aliphatic carbocycles. The van der Waals surface area contributed by atoms with Gasteiger partial charge in [-0.05, 0) is 13.0 Å². The maximum Gasteiger partial charge on any atom is 0.216 e. The lowest BCUT2D eigenvalue weighted by Gasteiger charge is -2.19. The van der Waals surface area contributed by atoms with E-state index < -0.39 is 12.2 Å². The predicted molar refractivity (Wildman–Crippen MR) is 65.5 cm³/mol. The number of rotatable bonds is 4. The molecule has 3 N–H and O–H groups in total. The molecule has 0 aromatic heterocycles. The molecule has 0 heterocycles. The van der Waals surface area contributed by atoms with E-state index in [0.717, 1.165) is 5.56 Å². The van der Waals surface area contributed by atoms with Crippen molar-refractivity contribution >= 4 is 5.91 Å². The molecule has 5 heteroatoms. The normalized spacial score (nSPS) is 13.5. The van der Waals surface area contributed by atoms with Crippen LogP contribution in [-0.2, 0) is 4.79 Å². The van der Waals surface area contributed by atoms with Gasteiger partial charge >= 0.3 is 0 Å². The lowest BCUT2D eigenvalue weighted by atomic mass is 9.97. The Balaban J connectivity index is 2.89. The van der Waals surface area contributed by atoms with Gasteiger partial charge < -0.3 is 15.5 Å². The number of aliphatic hydroxyl groups excluding tert-OH is 2. The lowest BCUT2D eigenvalue weighted by Crippen LogP contribution is -2.34. The molecule has 0 aliphatic rings. The first kappa shape index (κ1) is 14.2. The zero-order valence-corrected chi connectivity index (χ0v) is 10.3. The van der Waals surface area contributed by atoms with Crippen LogP contribution in [-0.4, -0.2) is 28.8 Å². The molecule has 1 amide bonds. The van der Waals surface area contributed by atoms with Gasteiger partial charge in [0.1, 0.15) is 12.2 Å². The average Bonchev–Trinajstić information content (AvgIpc) is 2.34. The molecule has 5 nitrogen and oxygen atoms in total. The van der Waals surface area contributed by atoms with Crippen molar-refractivity contribution in [3.05, 3.63) is 34.9 Å². The standard InChI is InChI=1S/C13H16N2O3/c1-8-3-4-10(6-14)11(5-8)13(18)12(17)7-15-9(2)16/h3-5,12-13,17-18H,7H2,1-2H3,(H,15,16). The van der Waals surface area contributed by atoms with E-state index >= 15 is 0 Å². The molecule has 1 rings (SSSR count). The van der Waals surface area contributed by atoms with Gasteiger partial charge in [-0.3, -0.25) is 4.79 Å². The van der Waals surface area contributed by atoms with Crippen LogP contribution < -0.4 is 5.32 Å². The van der Waals surface area contributed by atoms with Crippen LogP contribution in [0.15, 0.2) is 18.2 Å². The number of hydrogen-bond donors (Lipinski definition) is 3. The fourth-order valence-corrected chi connectivity index (χ4v) is 1.60. The summed E-state index contributed by atoms with van der Waals surface area (Å²) in [5, 5.41) is 31.1. The Labute approximate surface area is 106 Å². The van der Waals surface area contributed by atoms with Crippen molar-refractivity contribution in [2.45, 2.75) is 26.1 Å². The summed E-state index contributed by atoms with van der Waals surface area (Å²) < 4.78 is 0. The molecule has 1 aromatic carbocycles. The highest BCUT2D eigenvalue weighted by Crippen LogP contribution is 2.22. The van der Waals surface area contributed by atoms with Crippen LogP contribution in [0.1, 0.15) is 29.7 Å². The van der Waals surface area contributed by atoms with Gasteiger partial charge in [0.15, 0.2) is 0 Å². The Kier molecular flexibility index (Phi) is 4.84. The number of carbonyl (C=O) groups excluding carboxylic acids is 1. The predicted octanol–water partition coefficient (Wildman–Crippen LogP) is 0.397. The summed E-state index contributed by atoms with van der Waals surface area (Å²) in [6, 6.07) is 6.97. The maximum atomic E-state index is 10.7. The van der Waals surface area contributed by atoms with Crippen LogP contribution in [0.3, 0.4) is 0 Å². The summed E-state index contributed by atoms with van der Waals surface area (Å²) >= 11 is 0. The van der Waals surface area contributed by atoms with E-state index in [0.29, 0.717) is 11.1 Å². The monoisotopic (exact) mass is 248 g/mol. The van der Waals surface area contributed by atoms with Crippen LogP contribution in [0.4, 0.5) is 0 Å². The number of benzene rings is 1. The first-order valence-electron chi connectivity index (χ1n) is 5.57. The fraction of sp³-hybridized carbons (Fsp3) is 0.385. The Morgan fingerprint density at radius 2 is 2.17 bits per heavy atom. The van der Waals surface area contributed by atoms with E-state index in [9.17, 15) is 15.0 Å². The van der Waals surface area contributed by atoms with Crippen molar-refractivity contribution in [1.29, 1.82) is 5.26 Å². The van der Waals surface area contributed by atoms with Gasteiger partial charge in [-0.2, -0.15) is 5.26 Å². The number of aryl methyl sites for hydroxylation is 1. The number of nitriles is 1. The van der Waals surface area contributed by atoms with Gasteiger partial charge in [0, 0.05) is 19.0 Å². The molecule has 0 aliphatic heterocycles. The van der Waals surface area contributed by atoms with Crippen LogP contribution in [0.5, 0.6) is 0 Å². The minimum absolute atomic E-state index is 0.0602. The molecule has 1 aromatic rings. The molecule has 0 fully saturated rings. The van der Waals surface area contributed by atoms with Gasteiger partial charge in [-0.15, -0.1) is 0 Å². The van der Waals surface area contributed by atoms with E-state index in [1.165, 1.54) is 6.92 Å². The third-order valence-electron chi connectivity index (χ3n) is 2.57. The van der Waals surface area contributed by atoms with Crippen LogP contribution >= 0.6 is 0 Å². The Morgan fingerprint density at radius 1 is 1.50 bits per heavy atom. The number of aliphatic hydroxyl groups is 2. The van der Waals surface area contributed by atoms with Crippen molar-refractivity contribution < 1.29 is 15.0 Å². The van der Waals surface area contributed by atoms with Gasteiger partial charge in [0.2, 0.25) is 5.91 Å². The zero-order valence-electron chi connectivity index (χ0n) is 10.3. The quantitative estimate of drug-likeness (QED) is 0.719. The molecule has 2 atom stereocenters. The van der Waals surface area contributed by atoms with Crippen LogP contribution in [0, 0.1) is 18.3 Å². The highest BCUT2D eigenvalue weighted by atomic mass is 16.3. The zero-order chi connectivity index (χ0) is 13.7. The van der Waals surface area contributed by atoms with Gasteiger partial charge in [0.05, 0.1) is 11.6 Å². The third-order valence-corrected chi connectivity index (χ3v) is 2.57. The second-order valence-electron chi connectivity index (χ2n) is 4.15. The summed E-state index contributed by atoms with van der Waals surface area (Å²) in [5.74, 6) is -0.286. The maximum absolute atomic E-state index is 10.7. The van der Waals surface area contributed by atoms with E-state index in [2.05, 4.69) is 5.32 Å². The SMILES string of the molecule is CC(=O)NCC(O)C(O)c1cc(C)ccc1C#N. The highest BCUT2D eigenvalue weighted by Gasteiger charge is 2.21. The third kappa shape index (κ3) is 3.55. The molecular weight excluding hydrogens is 232 g/mol. The molecule has 0 spiro atoms. The second kappa shape index (κ2) is 6.15. The number of nitrogens with one attached hydrogen (secondary N) is 1. The van der Waals surface area contributed by atoms with E-state index in [4.69, 9.17) is 5.26 Å². The van der Waals surface area contributed by atoms with Crippen molar-refractivity contribution in [2.75, 3.05) is 6.54 Å². The summed E-state index contributed by atoms with van der Waals surface area (Å²) in [6.07, 6.45) is -2.35. The number of amides is 1. The first-order valence-corrected chi connectivity index (χ1v) is 5.57. The van der Waals surface area contributed by atoms with Gasteiger partial charge in [-0.1, -0.05) is 17.7 Å². The summed E-state index contributed by atoms with van der Waals surface area (Å²) in [4.78, 5) is 10.7. The van der Waals surface area contributed by atoms with Gasteiger partial charge in [-0.25, -0.2) is 0 Å². The van der Waals surface area contributed by atoms with Crippen molar-refractivity contribution in [2.24, 2.45) is 0 Å². The summed E-state index contributed by atoms with van der Waals surface area (Å²) in [5.41, 5.74) is 1.57. The molecule has 0 bridgehead atoms. The molecule has 0 radical (unpaired) electrons. The minimum atomic E-state index is -1.20. The van der Waals surface area contributed by atoms with Crippen LogP contribution in [0.25, 0.3) is 0 Å². The first-order chi connectivity index (χ1) is 8.45. The molecule has 0 saturated carbocycles. The minimum Gasteiger partial charge on any atom is -0.388 e. The lowest BCUT2D eigenvalue weighted by molar-refractivity contribution is -0.119. The van der Waals surface area contributed by atoms with Crippen molar-refractivity contribution in [3.63, 3.8) is 0 Å². The largest absolute Gasteiger partial charge is 0.388 e. The van der Waals surface area contributed by atoms with Gasteiger partial charge in [0.25, 0.3) is 0 Å². The molecule has 0 saturated heterocycles. The van der Waals surface area contributed by atoms with Crippen molar-refractivity contribution in [3.8, 4) is 6.07 Å². The van der Waals surface area contributed by atoms with Crippen LogP contribution in [0.2, 0.25) is 0 Å². The number of nitrogens with zero attached hydrogens (tertiary/aromatic N) is 1. The molecule has 96 valence electrons. The summed E-state index contributed by atoms with van der Waals surface area (Å²) in [6.45, 7) is 3.10. The Hall–Kier alpha value is -1.90. The number of carbonyl (C=O) groups is 1. The fourth-order valence-electron chi connectivity index (χ4n) is 1.60. The average molecular weight is 248 g/mol. The van der Waals surface area contributed by atoms with E-state index in [1.807, 2.05) is 13.0 Å². The Bertz CT molecular complexity index is 480. The Morgan fingerprint density at radius 3 is 2.72 bits per heavy atom.